The summed E-state index contributed by atoms with van der Waals surface area (Å²) in [7, 11) is 0. The first-order valence-corrected chi connectivity index (χ1v) is 14.5. The van der Waals surface area contributed by atoms with Gasteiger partial charge in [0.1, 0.15) is 17.4 Å². The van der Waals surface area contributed by atoms with Crippen LogP contribution in [0.1, 0.15) is 76.5 Å². The third kappa shape index (κ3) is 4.55. The number of alkyl halides is 2. The molecule has 1 aromatic heterocycles. The molecule has 1 aliphatic heterocycles. The number of H-pyrrole nitrogens is 1. The van der Waals surface area contributed by atoms with Crippen molar-refractivity contribution in [2.24, 2.45) is 17.3 Å². The van der Waals surface area contributed by atoms with Gasteiger partial charge in [-0.05, 0) is 74.8 Å². The van der Waals surface area contributed by atoms with Crippen LogP contribution in [0.3, 0.4) is 0 Å². The average Bonchev–Trinajstić information content (AvgIpc) is 3.76. The molecule has 2 aromatic rings. The maximum atomic E-state index is 14.3. The molecule has 1 unspecified atom stereocenters. The molecule has 40 heavy (non-hydrogen) atoms. The summed E-state index contributed by atoms with van der Waals surface area (Å²) in [6, 6.07) is 3.71. The van der Waals surface area contributed by atoms with Crippen molar-refractivity contribution in [3.63, 3.8) is 0 Å². The number of carbonyl (C=O) groups excluding carboxylic acids is 3. The van der Waals surface area contributed by atoms with Gasteiger partial charge in [-0.3, -0.25) is 14.4 Å². The molecule has 8 nitrogen and oxygen atoms in total. The molecule has 4 saturated carbocycles. The largest absolute Gasteiger partial charge is 0.344 e. The van der Waals surface area contributed by atoms with E-state index in [1.54, 1.807) is 12.1 Å². The number of aromatic amines is 1. The van der Waals surface area contributed by atoms with Gasteiger partial charge in [0.15, 0.2) is 5.82 Å². The summed E-state index contributed by atoms with van der Waals surface area (Å²) >= 11 is 0. The minimum Gasteiger partial charge on any atom is -0.344 e. The van der Waals surface area contributed by atoms with Gasteiger partial charge in [-0.15, -0.1) is 0 Å². The molecule has 5 aliphatic rings. The van der Waals surface area contributed by atoms with Crippen LogP contribution in [0.4, 0.5) is 13.2 Å². The van der Waals surface area contributed by atoms with Crippen molar-refractivity contribution in [1.82, 2.24) is 25.5 Å². The number of amides is 3. The number of imidazole rings is 1. The molecule has 7 rings (SSSR count). The first kappa shape index (κ1) is 25.8. The smallest absolute Gasteiger partial charge is 0.249 e. The lowest BCUT2D eigenvalue weighted by Crippen LogP contribution is -2.59. The van der Waals surface area contributed by atoms with E-state index in [1.165, 1.54) is 6.07 Å². The van der Waals surface area contributed by atoms with Crippen molar-refractivity contribution in [3.8, 4) is 0 Å². The van der Waals surface area contributed by atoms with Crippen LogP contribution in [0.5, 0.6) is 0 Å². The van der Waals surface area contributed by atoms with Crippen LogP contribution < -0.4 is 10.6 Å². The van der Waals surface area contributed by atoms with E-state index < -0.39 is 40.6 Å². The number of rotatable bonds is 8. The fourth-order valence-corrected chi connectivity index (χ4v) is 7.46. The van der Waals surface area contributed by atoms with Crippen LogP contribution in [0.15, 0.2) is 18.2 Å². The first-order valence-electron chi connectivity index (χ1n) is 14.5. The van der Waals surface area contributed by atoms with E-state index in [2.05, 4.69) is 20.6 Å². The van der Waals surface area contributed by atoms with Crippen LogP contribution >= 0.6 is 0 Å². The van der Waals surface area contributed by atoms with Gasteiger partial charge in [-0.1, -0.05) is 6.07 Å². The average molecular weight is 558 g/mol. The minimum absolute atomic E-state index is 0.158. The molecule has 3 N–H and O–H groups in total. The number of hydrogen-bond acceptors (Lipinski definition) is 4. The molecule has 5 fully saturated rings. The highest BCUT2D eigenvalue weighted by molar-refractivity contribution is 5.93. The predicted octanol–water partition coefficient (Wildman–Crippen LogP) is 3.91. The van der Waals surface area contributed by atoms with Gasteiger partial charge in [-0.25, -0.2) is 18.2 Å². The molecule has 2 atom stereocenters. The van der Waals surface area contributed by atoms with Crippen LogP contribution in [0, 0.1) is 23.1 Å². The summed E-state index contributed by atoms with van der Waals surface area (Å²) in [5, 5.41) is 5.80. The quantitative estimate of drug-likeness (QED) is 0.458. The molecule has 0 radical (unpaired) electrons. The summed E-state index contributed by atoms with van der Waals surface area (Å²) < 4.78 is 41.2. The third-order valence-corrected chi connectivity index (χ3v) is 9.82. The van der Waals surface area contributed by atoms with Gasteiger partial charge >= 0.3 is 0 Å². The minimum atomic E-state index is -2.65. The number of hydrogen-bond donors (Lipinski definition) is 3. The lowest BCUT2D eigenvalue weighted by Gasteiger charge is -2.56. The van der Waals surface area contributed by atoms with Crippen molar-refractivity contribution >= 4 is 28.8 Å². The molecule has 2 heterocycles. The number of fused-ring (bicyclic) bond motifs is 1. The van der Waals surface area contributed by atoms with Crippen molar-refractivity contribution in [2.45, 2.75) is 94.2 Å². The Labute approximate surface area is 229 Å². The topological polar surface area (TPSA) is 107 Å². The first-order chi connectivity index (χ1) is 19.1. The molecule has 1 aromatic carbocycles. The fourth-order valence-electron chi connectivity index (χ4n) is 7.46. The highest BCUT2D eigenvalue weighted by atomic mass is 19.3. The van der Waals surface area contributed by atoms with Gasteiger partial charge in [0.2, 0.25) is 23.6 Å². The zero-order chi connectivity index (χ0) is 27.9. The lowest BCUT2D eigenvalue weighted by molar-refractivity contribution is -0.207. The number of nitrogens with zero attached hydrogens (tertiary/aromatic N) is 2. The van der Waals surface area contributed by atoms with Crippen molar-refractivity contribution in [3.05, 3.63) is 29.8 Å². The van der Waals surface area contributed by atoms with Crippen LogP contribution in [0.25, 0.3) is 11.0 Å². The Morgan fingerprint density at radius 1 is 1.12 bits per heavy atom. The van der Waals surface area contributed by atoms with E-state index in [0.717, 1.165) is 25.7 Å². The standard InChI is InChI=1S/C29H34F3N5O3/c30-18-3-1-4-19-23(18)35-26(34-19)28(8-9-28)36-25(40)20(11-22(38)37-10-2-5-21(37)16-6-7-16)33-24(39)17-12-27(13-17)14-29(31,32)15-27/h1,3-4,16-17,20-21H,2,5-15H2,(H,33,39)(H,34,35)(H,36,40)/t20-,21?/m0/s1. The second-order valence-electron chi connectivity index (χ2n) is 13.0. The zero-order valence-electron chi connectivity index (χ0n) is 22.3. The van der Waals surface area contributed by atoms with E-state index in [1.807, 2.05) is 4.90 Å². The molecular weight excluding hydrogens is 523 g/mol. The Kier molecular flexibility index (Phi) is 5.78. The van der Waals surface area contributed by atoms with E-state index in [4.69, 9.17) is 0 Å². The van der Waals surface area contributed by atoms with Crippen LogP contribution in [0.2, 0.25) is 0 Å². The summed E-state index contributed by atoms with van der Waals surface area (Å²) in [6.07, 6.45) is 5.49. The number of para-hydroxylation sites is 1. The monoisotopic (exact) mass is 557 g/mol. The molecule has 1 spiro atoms. The number of benzene rings is 1. The number of likely N-dealkylation sites (tertiary alicyclic amines) is 1. The maximum absolute atomic E-state index is 14.3. The van der Waals surface area contributed by atoms with Gasteiger partial charge < -0.3 is 20.5 Å². The van der Waals surface area contributed by atoms with E-state index in [0.29, 0.717) is 49.5 Å². The van der Waals surface area contributed by atoms with Crippen molar-refractivity contribution in [2.75, 3.05) is 6.54 Å². The summed E-state index contributed by atoms with van der Waals surface area (Å²) in [4.78, 5) is 49.6. The Bertz CT molecular complexity index is 1370. The Balaban J connectivity index is 1.07. The van der Waals surface area contributed by atoms with E-state index in [9.17, 15) is 27.6 Å². The van der Waals surface area contributed by atoms with E-state index >= 15 is 0 Å². The number of nitrogens with one attached hydrogen (secondary N) is 3. The highest BCUT2D eigenvalue weighted by Gasteiger charge is 2.63. The molecule has 1 saturated heterocycles. The number of aromatic nitrogens is 2. The zero-order valence-corrected chi connectivity index (χ0v) is 22.3. The fraction of sp³-hybridized carbons (Fsp3) is 0.655. The van der Waals surface area contributed by atoms with Crippen LogP contribution in [-0.2, 0) is 19.9 Å². The molecule has 3 amide bonds. The molecular formula is C29H34F3N5O3. The normalized spacial score (nSPS) is 26.7. The Morgan fingerprint density at radius 3 is 2.52 bits per heavy atom. The molecule has 0 bridgehead atoms. The molecule has 214 valence electrons. The highest BCUT2D eigenvalue weighted by Crippen LogP contribution is 2.64. The summed E-state index contributed by atoms with van der Waals surface area (Å²) in [5.41, 5.74) is -0.577. The summed E-state index contributed by atoms with van der Waals surface area (Å²) in [5.74, 6) is -3.62. The van der Waals surface area contributed by atoms with Gasteiger partial charge in [-0.2, -0.15) is 0 Å². The molecule has 11 heteroatoms. The second-order valence-corrected chi connectivity index (χ2v) is 13.0. The lowest BCUT2D eigenvalue weighted by atomic mass is 9.50. The maximum Gasteiger partial charge on any atom is 0.249 e. The van der Waals surface area contributed by atoms with Gasteiger partial charge in [0.05, 0.1) is 17.5 Å². The Morgan fingerprint density at radius 2 is 1.88 bits per heavy atom. The second kappa shape index (κ2) is 8.94. The molecule has 4 aliphatic carbocycles. The SMILES string of the molecule is O=C(N[C@@H](CC(=O)N1CCCC1C1CC1)C(=O)NC1(c2nc3c(F)cccc3[nH]2)CC1)C1CC2(C1)CC(F)(F)C2. The number of halogens is 3. The van der Waals surface area contributed by atoms with Crippen LogP contribution in [-0.4, -0.2) is 57.1 Å². The number of carbonyl (C=O) groups is 3. The van der Waals surface area contributed by atoms with Crippen molar-refractivity contribution in [1.29, 1.82) is 0 Å². The predicted molar refractivity (Wildman–Crippen MR) is 138 cm³/mol. The Hall–Kier alpha value is -3.11. The van der Waals surface area contributed by atoms with Crippen molar-refractivity contribution < 1.29 is 27.6 Å². The third-order valence-electron chi connectivity index (χ3n) is 9.82. The van der Waals surface area contributed by atoms with Gasteiger partial charge in [0, 0.05) is 31.3 Å². The van der Waals surface area contributed by atoms with Gasteiger partial charge in [0.25, 0.3) is 0 Å². The summed E-state index contributed by atoms with van der Waals surface area (Å²) in [6.45, 7) is 0.649. The van der Waals surface area contributed by atoms with E-state index in [-0.39, 0.29) is 42.6 Å².